The first-order chi connectivity index (χ1) is 26.6. The van der Waals surface area contributed by atoms with E-state index in [2.05, 4.69) is 56.5 Å². The van der Waals surface area contributed by atoms with Gasteiger partial charge in [-0.15, -0.1) is 0 Å². The van der Waals surface area contributed by atoms with E-state index in [4.69, 9.17) is 23.7 Å². The highest BCUT2D eigenvalue weighted by Crippen LogP contribution is 2.32. The molecule has 0 amide bonds. The molecule has 0 atom stereocenters. The summed E-state index contributed by atoms with van der Waals surface area (Å²) in [5, 5.41) is 2.25. The minimum atomic E-state index is -1.47. The smallest absolute Gasteiger partial charge is 0.333 e. The van der Waals surface area contributed by atoms with E-state index in [1.807, 2.05) is 12.1 Å². The zero-order chi connectivity index (χ0) is 41.3. The SMILES string of the molecule is C=C(C)C(=O)OCCCc1cc(-c2ccc3cc(CCCCC)ccc3c2)ccc1OCC(COC(=O)CC(C)=O)(COC(=O)CC(C)=O)COC(=O)C(=C)C. The predicted molar refractivity (Wildman–Crippen MR) is 213 cm³/mol. The van der Waals surface area contributed by atoms with Crippen molar-refractivity contribution in [1.82, 2.24) is 0 Å². The van der Waals surface area contributed by atoms with Crippen LogP contribution in [0.2, 0.25) is 0 Å². The first-order valence-corrected chi connectivity index (χ1v) is 18.9. The van der Waals surface area contributed by atoms with Crippen molar-refractivity contribution < 1.29 is 52.5 Å². The number of aryl methyl sites for hydroxylation is 2. The van der Waals surface area contributed by atoms with Crippen LogP contribution in [0.5, 0.6) is 5.75 Å². The largest absolute Gasteiger partial charge is 0.492 e. The van der Waals surface area contributed by atoms with Gasteiger partial charge in [-0.05, 0) is 105 Å². The zero-order valence-corrected chi connectivity index (χ0v) is 33.3. The minimum absolute atomic E-state index is 0.105. The highest BCUT2D eigenvalue weighted by atomic mass is 16.6. The van der Waals surface area contributed by atoms with Crippen LogP contribution in [0.4, 0.5) is 0 Å². The molecule has 0 heterocycles. The van der Waals surface area contributed by atoms with Crippen LogP contribution in [0, 0.1) is 5.41 Å². The molecule has 0 aliphatic rings. The summed E-state index contributed by atoms with van der Waals surface area (Å²) in [5.41, 5.74) is 2.89. The molecule has 3 aromatic rings. The number of hydrogen-bond donors (Lipinski definition) is 0. The van der Waals surface area contributed by atoms with Gasteiger partial charge in [0.25, 0.3) is 0 Å². The van der Waals surface area contributed by atoms with Crippen molar-refractivity contribution in [2.75, 3.05) is 33.0 Å². The van der Waals surface area contributed by atoms with Crippen LogP contribution in [-0.4, -0.2) is 68.5 Å². The van der Waals surface area contributed by atoms with Gasteiger partial charge in [0.1, 0.15) is 62.0 Å². The van der Waals surface area contributed by atoms with Gasteiger partial charge in [-0.2, -0.15) is 0 Å². The van der Waals surface area contributed by atoms with Gasteiger partial charge < -0.3 is 23.7 Å². The molecule has 56 heavy (non-hydrogen) atoms. The van der Waals surface area contributed by atoms with E-state index in [-0.39, 0.29) is 24.4 Å². The second kappa shape index (κ2) is 22.1. The Morgan fingerprint density at radius 2 is 1.14 bits per heavy atom. The van der Waals surface area contributed by atoms with Gasteiger partial charge in [-0.3, -0.25) is 19.2 Å². The number of benzene rings is 3. The van der Waals surface area contributed by atoms with Crippen LogP contribution in [-0.2, 0) is 60.6 Å². The summed E-state index contributed by atoms with van der Waals surface area (Å²) in [6.45, 7) is 13.4. The number of ketones is 2. The molecule has 11 nitrogen and oxygen atoms in total. The van der Waals surface area contributed by atoms with Crippen molar-refractivity contribution in [3.8, 4) is 16.9 Å². The van der Waals surface area contributed by atoms with Gasteiger partial charge in [0, 0.05) is 11.1 Å². The van der Waals surface area contributed by atoms with Crippen LogP contribution in [0.25, 0.3) is 21.9 Å². The number of rotatable bonds is 24. The first-order valence-electron chi connectivity index (χ1n) is 18.9. The molecule has 0 spiro atoms. The Hall–Kier alpha value is -5.58. The van der Waals surface area contributed by atoms with Crippen molar-refractivity contribution >= 4 is 46.2 Å². The molecule has 0 bridgehead atoms. The topological polar surface area (TPSA) is 149 Å². The molecule has 0 fully saturated rings. The van der Waals surface area contributed by atoms with Crippen LogP contribution in [0.15, 0.2) is 78.9 Å². The maximum absolute atomic E-state index is 12.5. The highest BCUT2D eigenvalue weighted by Gasteiger charge is 2.38. The summed E-state index contributed by atoms with van der Waals surface area (Å²) in [6, 6.07) is 18.5. The summed E-state index contributed by atoms with van der Waals surface area (Å²) in [6.07, 6.45) is 4.44. The van der Waals surface area contributed by atoms with Crippen LogP contribution >= 0.6 is 0 Å². The Kier molecular flexibility index (Phi) is 17.7. The third-order valence-electron chi connectivity index (χ3n) is 8.80. The second-order valence-electron chi connectivity index (χ2n) is 14.4. The lowest BCUT2D eigenvalue weighted by Crippen LogP contribution is -2.44. The van der Waals surface area contributed by atoms with Crippen LogP contribution < -0.4 is 4.74 Å². The Balaban J connectivity index is 2.00. The van der Waals surface area contributed by atoms with E-state index in [0.717, 1.165) is 40.3 Å². The van der Waals surface area contributed by atoms with E-state index < -0.39 is 73.5 Å². The number of ether oxygens (including phenoxy) is 5. The molecule has 0 aromatic heterocycles. The summed E-state index contributed by atoms with van der Waals surface area (Å²) >= 11 is 0. The number of carbonyl (C=O) groups excluding carboxylic acids is 6. The van der Waals surface area contributed by atoms with Crippen molar-refractivity contribution in [3.05, 3.63) is 90.0 Å². The molecule has 0 unspecified atom stereocenters. The Morgan fingerprint density at radius 3 is 1.75 bits per heavy atom. The van der Waals surface area contributed by atoms with Crippen molar-refractivity contribution in [1.29, 1.82) is 0 Å². The number of esters is 4. The lowest BCUT2D eigenvalue weighted by atomic mass is 9.91. The molecule has 0 radical (unpaired) electrons. The van der Waals surface area contributed by atoms with E-state index in [9.17, 15) is 28.8 Å². The highest BCUT2D eigenvalue weighted by molar-refractivity contribution is 5.94. The lowest BCUT2D eigenvalue weighted by molar-refractivity contribution is -0.163. The predicted octanol–water partition coefficient (Wildman–Crippen LogP) is 7.82. The van der Waals surface area contributed by atoms with Gasteiger partial charge in [-0.25, -0.2) is 9.59 Å². The summed E-state index contributed by atoms with van der Waals surface area (Å²) < 4.78 is 28.1. The number of fused-ring (bicyclic) bond motifs is 1. The minimum Gasteiger partial charge on any atom is -0.492 e. The lowest BCUT2D eigenvalue weighted by Gasteiger charge is -2.32. The monoisotopic (exact) mass is 770 g/mol. The van der Waals surface area contributed by atoms with E-state index in [0.29, 0.717) is 18.6 Å². The fourth-order valence-corrected chi connectivity index (χ4v) is 5.65. The number of hydrogen-bond acceptors (Lipinski definition) is 11. The normalized spacial score (nSPS) is 11.0. The molecule has 0 saturated carbocycles. The van der Waals surface area contributed by atoms with E-state index in [1.54, 1.807) is 13.0 Å². The van der Waals surface area contributed by atoms with Gasteiger partial charge in [0.15, 0.2) is 0 Å². The van der Waals surface area contributed by atoms with Gasteiger partial charge >= 0.3 is 23.9 Å². The number of Topliss-reactive ketones (excluding diaryl/α,β-unsaturated/α-hetero) is 2. The molecular weight excluding hydrogens is 716 g/mol. The van der Waals surface area contributed by atoms with Gasteiger partial charge in [0.05, 0.1) is 6.61 Å². The fourth-order valence-electron chi connectivity index (χ4n) is 5.65. The molecule has 300 valence electrons. The van der Waals surface area contributed by atoms with E-state index >= 15 is 0 Å². The molecule has 0 aliphatic heterocycles. The maximum atomic E-state index is 12.5. The number of unbranched alkanes of at least 4 members (excludes halogenated alkanes) is 2. The molecular formula is C45H54O11. The standard InChI is InChI=1S/C45H54O11/c1-8-9-10-12-34-14-15-36-24-37(17-16-35(36)23-34)38-18-19-40(39(25-38)13-11-20-52-43(50)30(2)3)53-26-45(29-56-44(51)31(4)5,27-54-41(48)21-32(6)46)28-55-42(49)22-33(7)47/h14-19,23-25H,2,4,8-13,20-22,26-29H2,1,3,5-7H3. The molecule has 0 saturated heterocycles. The molecule has 3 rings (SSSR count). The average molecular weight is 771 g/mol. The number of carbonyl (C=O) groups is 6. The van der Waals surface area contributed by atoms with Gasteiger partial charge in [-0.1, -0.05) is 69.3 Å². The third-order valence-corrected chi connectivity index (χ3v) is 8.80. The maximum Gasteiger partial charge on any atom is 0.333 e. The summed E-state index contributed by atoms with van der Waals surface area (Å²) in [7, 11) is 0. The van der Waals surface area contributed by atoms with Crippen molar-refractivity contribution in [2.45, 2.75) is 86.0 Å². The van der Waals surface area contributed by atoms with Crippen LogP contribution in [0.1, 0.15) is 84.3 Å². The average Bonchev–Trinajstić information content (AvgIpc) is 3.15. The van der Waals surface area contributed by atoms with Gasteiger partial charge in [0.2, 0.25) is 0 Å². The Bertz CT molecular complexity index is 1890. The fraction of sp³-hybridized carbons (Fsp3) is 0.422. The molecule has 0 aliphatic carbocycles. The second-order valence-corrected chi connectivity index (χ2v) is 14.4. The zero-order valence-electron chi connectivity index (χ0n) is 33.3. The Morgan fingerprint density at radius 1 is 0.589 bits per heavy atom. The Labute approximate surface area is 329 Å². The summed E-state index contributed by atoms with van der Waals surface area (Å²) in [4.78, 5) is 72.9. The quantitative estimate of drug-likeness (QED) is 0.0289. The summed E-state index contributed by atoms with van der Waals surface area (Å²) in [5.74, 6) is -3.31. The van der Waals surface area contributed by atoms with E-state index in [1.165, 1.54) is 39.2 Å². The van der Waals surface area contributed by atoms with Crippen molar-refractivity contribution in [2.24, 2.45) is 5.41 Å². The first kappa shape index (κ1) is 44.8. The third kappa shape index (κ3) is 14.9. The molecule has 0 N–H and O–H groups in total. The molecule has 11 heteroatoms. The van der Waals surface area contributed by atoms with Crippen molar-refractivity contribution in [3.63, 3.8) is 0 Å². The van der Waals surface area contributed by atoms with Crippen LogP contribution in [0.3, 0.4) is 0 Å². The molecule has 3 aromatic carbocycles.